The number of hydrogen-bond acceptors (Lipinski definition) is 3. The van der Waals surface area contributed by atoms with Gasteiger partial charge in [-0.3, -0.25) is 9.59 Å². The van der Waals surface area contributed by atoms with Crippen molar-refractivity contribution in [2.24, 2.45) is 0 Å². The minimum Gasteiger partial charge on any atom is -0.459 e. The van der Waals surface area contributed by atoms with Crippen LogP contribution in [-0.2, 0) is 0 Å². The standard InChI is InChI=1S/C9H11NO3/c1-6(2)10-9(12)8-5-7(11)3-4-13-8/h3-6H,1-2H3,(H,10,12). The number of nitrogens with one attached hydrogen (secondary N) is 1. The Hall–Kier alpha value is -1.58. The molecule has 0 atom stereocenters. The quantitative estimate of drug-likeness (QED) is 0.733. The molecule has 1 amide bonds. The predicted octanol–water partition coefficient (Wildman–Crippen LogP) is 0.778. The van der Waals surface area contributed by atoms with Gasteiger partial charge < -0.3 is 9.73 Å². The first-order chi connectivity index (χ1) is 6.09. The molecular formula is C9H11NO3. The average Bonchev–Trinajstić information content (AvgIpc) is 2.03. The molecule has 1 N–H and O–H groups in total. The largest absolute Gasteiger partial charge is 0.459 e. The second kappa shape index (κ2) is 3.89. The summed E-state index contributed by atoms with van der Waals surface area (Å²) >= 11 is 0. The number of amides is 1. The Labute approximate surface area is 75.6 Å². The molecule has 0 saturated heterocycles. The molecule has 1 aromatic heterocycles. The Balaban J connectivity index is 2.83. The fraction of sp³-hybridized carbons (Fsp3) is 0.333. The van der Waals surface area contributed by atoms with E-state index in [9.17, 15) is 9.59 Å². The topological polar surface area (TPSA) is 59.3 Å². The molecule has 0 radical (unpaired) electrons. The third kappa shape index (κ3) is 2.74. The van der Waals surface area contributed by atoms with E-state index in [4.69, 9.17) is 4.42 Å². The smallest absolute Gasteiger partial charge is 0.287 e. The van der Waals surface area contributed by atoms with E-state index in [0.717, 1.165) is 6.07 Å². The molecule has 0 aliphatic rings. The Morgan fingerprint density at radius 2 is 2.23 bits per heavy atom. The van der Waals surface area contributed by atoms with E-state index in [-0.39, 0.29) is 23.1 Å². The summed E-state index contributed by atoms with van der Waals surface area (Å²) in [5.41, 5.74) is -0.236. The zero-order chi connectivity index (χ0) is 9.84. The van der Waals surface area contributed by atoms with Gasteiger partial charge in [0.05, 0.1) is 6.26 Å². The van der Waals surface area contributed by atoms with Crippen LogP contribution < -0.4 is 10.7 Å². The second-order valence-corrected chi connectivity index (χ2v) is 2.96. The highest BCUT2D eigenvalue weighted by atomic mass is 16.3. The normalized spacial score (nSPS) is 10.1. The first kappa shape index (κ1) is 9.51. The van der Waals surface area contributed by atoms with E-state index in [0.29, 0.717) is 0 Å². The van der Waals surface area contributed by atoms with Gasteiger partial charge in [-0.2, -0.15) is 0 Å². The number of rotatable bonds is 2. The van der Waals surface area contributed by atoms with Crippen molar-refractivity contribution in [2.75, 3.05) is 0 Å². The van der Waals surface area contributed by atoms with E-state index in [2.05, 4.69) is 5.32 Å². The molecule has 4 nitrogen and oxygen atoms in total. The number of carbonyl (C=O) groups is 1. The van der Waals surface area contributed by atoms with Crippen LogP contribution in [0.4, 0.5) is 0 Å². The summed E-state index contributed by atoms with van der Waals surface area (Å²) in [5.74, 6) is -0.325. The maximum absolute atomic E-state index is 11.3. The van der Waals surface area contributed by atoms with Crippen molar-refractivity contribution in [3.8, 4) is 0 Å². The maximum atomic E-state index is 11.3. The van der Waals surface area contributed by atoms with Crippen molar-refractivity contribution >= 4 is 5.91 Å². The van der Waals surface area contributed by atoms with Crippen molar-refractivity contribution in [3.63, 3.8) is 0 Å². The van der Waals surface area contributed by atoms with Gasteiger partial charge in [-0.05, 0) is 13.8 Å². The van der Waals surface area contributed by atoms with Crippen LogP contribution >= 0.6 is 0 Å². The van der Waals surface area contributed by atoms with Gasteiger partial charge in [0.25, 0.3) is 5.91 Å². The summed E-state index contributed by atoms with van der Waals surface area (Å²) in [5, 5.41) is 2.61. The molecule has 1 rings (SSSR count). The van der Waals surface area contributed by atoms with E-state index in [1.165, 1.54) is 12.3 Å². The average molecular weight is 181 g/mol. The number of hydrogen-bond donors (Lipinski definition) is 1. The highest BCUT2D eigenvalue weighted by molar-refractivity contribution is 5.91. The highest BCUT2D eigenvalue weighted by Gasteiger charge is 2.08. The monoisotopic (exact) mass is 181 g/mol. The van der Waals surface area contributed by atoms with Crippen molar-refractivity contribution in [3.05, 3.63) is 34.4 Å². The van der Waals surface area contributed by atoms with E-state index in [1.807, 2.05) is 13.8 Å². The minimum atomic E-state index is -0.368. The molecule has 0 spiro atoms. The van der Waals surface area contributed by atoms with Crippen LogP contribution in [0.25, 0.3) is 0 Å². The Morgan fingerprint density at radius 3 is 2.77 bits per heavy atom. The van der Waals surface area contributed by atoms with Crippen LogP contribution in [-0.4, -0.2) is 11.9 Å². The van der Waals surface area contributed by atoms with Crippen molar-refractivity contribution in [1.82, 2.24) is 5.32 Å². The fourth-order valence-corrected chi connectivity index (χ4v) is 0.838. The molecule has 1 aromatic rings. The molecule has 70 valence electrons. The van der Waals surface area contributed by atoms with Crippen LogP contribution in [0.1, 0.15) is 24.4 Å². The van der Waals surface area contributed by atoms with Gasteiger partial charge in [0.15, 0.2) is 11.2 Å². The third-order valence-electron chi connectivity index (χ3n) is 1.34. The summed E-state index contributed by atoms with van der Waals surface area (Å²) in [6.07, 6.45) is 1.21. The van der Waals surface area contributed by atoms with Crippen molar-refractivity contribution in [2.45, 2.75) is 19.9 Å². The number of carbonyl (C=O) groups excluding carboxylic acids is 1. The van der Waals surface area contributed by atoms with Gasteiger partial charge in [0.2, 0.25) is 0 Å². The van der Waals surface area contributed by atoms with Crippen LogP contribution in [0.2, 0.25) is 0 Å². The van der Waals surface area contributed by atoms with Gasteiger partial charge >= 0.3 is 0 Å². The van der Waals surface area contributed by atoms with E-state index in [1.54, 1.807) is 0 Å². The highest BCUT2D eigenvalue weighted by Crippen LogP contribution is 1.94. The summed E-state index contributed by atoms with van der Waals surface area (Å²) < 4.78 is 4.86. The minimum absolute atomic E-state index is 0.0259. The molecule has 0 aliphatic heterocycles. The second-order valence-electron chi connectivity index (χ2n) is 2.96. The summed E-state index contributed by atoms with van der Waals surface area (Å²) in [4.78, 5) is 22.1. The zero-order valence-electron chi connectivity index (χ0n) is 7.53. The van der Waals surface area contributed by atoms with Crippen LogP contribution in [0.5, 0.6) is 0 Å². The first-order valence-electron chi connectivity index (χ1n) is 3.99. The summed E-state index contributed by atoms with van der Waals surface area (Å²) in [6.45, 7) is 3.66. The molecule has 0 unspecified atom stereocenters. The van der Waals surface area contributed by atoms with Gasteiger partial charge in [0, 0.05) is 18.2 Å². The molecule has 0 bridgehead atoms. The SMILES string of the molecule is CC(C)NC(=O)c1cc(=O)cco1. The Morgan fingerprint density at radius 1 is 1.54 bits per heavy atom. The third-order valence-corrected chi connectivity index (χ3v) is 1.34. The molecule has 0 aromatic carbocycles. The van der Waals surface area contributed by atoms with E-state index < -0.39 is 0 Å². The van der Waals surface area contributed by atoms with Gasteiger partial charge in [-0.1, -0.05) is 0 Å². The van der Waals surface area contributed by atoms with Crippen LogP contribution in [0, 0.1) is 0 Å². The predicted molar refractivity (Wildman–Crippen MR) is 47.6 cm³/mol. The molecule has 1 heterocycles. The molecular weight excluding hydrogens is 170 g/mol. The zero-order valence-corrected chi connectivity index (χ0v) is 7.53. The van der Waals surface area contributed by atoms with Gasteiger partial charge in [-0.15, -0.1) is 0 Å². The fourth-order valence-electron chi connectivity index (χ4n) is 0.838. The Bertz CT molecular complexity index is 354. The summed E-state index contributed by atoms with van der Waals surface area (Å²) in [7, 11) is 0. The van der Waals surface area contributed by atoms with Crippen molar-refractivity contribution < 1.29 is 9.21 Å². The van der Waals surface area contributed by atoms with Crippen molar-refractivity contribution in [1.29, 1.82) is 0 Å². The van der Waals surface area contributed by atoms with Gasteiger partial charge in [-0.25, -0.2) is 0 Å². The molecule has 0 aliphatic carbocycles. The molecule has 13 heavy (non-hydrogen) atoms. The molecule has 0 saturated carbocycles. The lowest BCUT2D eigenvalue weighted by molar-refractivity contribution is 0.0912. The van der Waals surface area contributed by atoms with Crippen LogP contribution in [0.15, 0.2) is 27.6 Å². The Kier molecular flexibility index (Phi) is 2.84. The first-order valence-corrected chi connectivity index (χ1v) is 3.99. The summed E-state index contributed by atoms with van der Waals surface area (Å²) in [6, 6.07) is 2.45. The van der Waals surface area contributed by atoms with Gasteiger partial charge in [0.1, 0.15) is 0 Å². The maximum Gasteiger partial charge on any atom is 0.287 e. The van der Waals surface area contributed by atoms with E-state index >= 15 is 0 Å². The lowest BCUT2D eigenvalue weighted by Gasteiger charge is -2.06. The van der Waals surface area contributed by atoms with Crippen LogP contribution in [0.3, 0.4) is 0 Å². The lowest BCUT2D eigenvalue weighted by Crippen LogP contribution is -2.30. The molecule has 0 fully saturated rings. The lowest BCUT2D eigenvalue weighted by atomic mass is 10.3. The molecule has 4 heteroatoms.